The fraction of sp³-hybridized carbons (Fsp3) is 1.00. The van der Waals surface area contributed by atoms with Crippen LogP contribution in [0.4, 0.5) is 0 Å². The quantitative estimate of drug-likeness (QED) is 0.430. The first kappa shape index (κ1) is 17.2. The summed E-state index contributed by atoms with van der Waals surface area (Å²) in [4.78, 5) is 0. The summed E-state index contributed by atoms with van der Waals surface area (Å²) in [5, 5.41) is 0. The van der Waals surface area contributed by atoms with E-state index in [4.69, 9.17) is 15.4 Å². The highest BCUT2D eigenvalue weighted by molar-refractivity contribution is 8.13. The smallest absolute Gasteiger partial charge is 0.232 e. The Morgan fingerprint density at radius 2 is 1.88 bits per heavy atom. The molecule has 0 aliphatic rings. The van der Waals surface area contributed by atoms with E-state index in [1.54, 1.807) is 0 Å². The Labute approximate surface area is 110 Å². The molecule has 17 heavy (non-hydrogen) atoms. The first-order valence-corrected chi connectivity index (χ1v) is 8.97. The van der Waals surface area contributed by atoms with Crippen molar-refractivity contribution in [2.45, 2.75) is 52.4 Å². The van der Waals surface area contributed by atoms with Gasteiger partial charge in [0.25, 0.3) is 0 Å². The second-order valence-electron chi connectivity index (χ2n) is 4.44. The van der Waals surface area contributed by atoms with Crippen molar-refractivity contribution in [3.8, 4) is 0 Å². The average Bonchev–Trinajstić information content (AvgIpc) is 2.25. The molecule has 0 aromatic rings. The molecule has 0 aliphatic heterocycles. The average molecular weight is 285 g/mol. The SMILES string of the molecule is CCCCC(CC)COCCCCS(=O)(=O)Cl. The molecule has 0 amide bonds. The Bertz CT molecular complexity index is 265. The molecular formula is C12H25ClO3S. The third-order valence-electron chi connectivity index (χ3n) is 2.82. The molecule has 0 rings (SSSR count). The highest BCUT2D eigenvalue weighted by Gasteiger charge is 2.06. The maximum absolute atomic E-state index is 10.7. The predicted molar refractivity (Wildman–Crippen MR) is 73.0 cm³/mol. The Morgan fingerprint density at radius 3 is 2.41 bits per heavy atom. The molecule has 0 saturated heterocycles. The Morgan fingerprint density at radius 1 is 1.18 bits per heavy atom. The van der Waals surface area contributed by atoms with Crippen LogP contribution in [0.1, 0.15) is 52.4 Å². The third-order valence-corrected chi connectivity index (χ3v) is 4.06. The minimum atomic E-state index is -3.33. The molecule has 0 bridgehead atoms. The molecule has 1 unspecified atom stereocenters. The summed E-state index contributed by atoms with van der Waals surface area (Å²) < 4.78 is 26.9. The topological polar surface area (TPSA) is 43.4 Å². The van der Waals surface area contributed by atoms with E-state index in [9.17, 15) is 8.42 Å². The number of halogens is 1. The largest absolute Gasteiger partial charge is 0.381 e. The molecule has 5 heteroatoms. The minimum absolute atomic E-state index is 0.0466. The van der Waals surface area contributed by atoms with Gasteiger partial charge in [0.05, 0.1) is 5.75 Å². The summed E-state index contributed by atoms with van der Waals surface area (Å²) in [6, 6.07) is 0. The van der Waals surface area contributed by atoms with Crippen LogP contribution >= 0.6 is 10.7 Å². The zero-order valence-electron chi connectivity index (χ0n) is 11.0. The fourth-order valence-electron chi connectivity index (χ4n) is 1.63. The first-order chi connectivity index (χ1) is 7.99. The summed E-state index contributed by atoms with van der Waals surface area (Å²) in [6.45, 7) is 5.81. The molecule has 0 spiro atoms. The molecule has 0 radical (unpaired) electrons. The van der Waals surface area contributed by atoms with Crippen molar-refractivity contribution in [3.63, 3.8) is 0 Å². The molecule has 0 aromatic carbocycles. The second kappa shape index (κ2) is 10.2. The van der Waals surface area contributed by atoms with Crippen LogP contribution in [0.2, 0.25) is 0 Å². The predicted octanol–water partition coefficient (Wildman–Crippen LogP) is 3.57. The molecule has 1 atom stereocenters. The molecule has 0 heterocycles. The summed E-state index contributed by atoms with van der Waals surface area (Å²) in [5.74, 6) is 0.692. The van der Waals surface area contributed by atoms with Gasteiger partial charge in [0.15, 0.2) is 0 Å². The Balaban J connectivity index is 3.42. The summed E-state index contributed by atoms with van der Waals surface area (Å²) in [5.41, 5.74) is 0. The minimum Gasteiger partial charge on any atom is -0.381 e. The van der Waals surface area contributed by atoms with Gasteiger partial charge in [0, 0.05) is 23.9 Å². The van der Waals surface area contributed by atoms with E-state index < -0.39 is 9.05 Å². The number of ether oxygens (including phenoxy) is 1. The Kier molecular flexibility index (Phi) is 10.3. The van der Waals surface area contributed by atoms with Crippen molar-refractivity contribution in [2.24, 2.45) is 5.92 Å². The molecule has 0 aliphatic carbocycles. The van der Waals surface area contributed by atoms with E-state index in [0.717, 1.165) is 19.4 Å². The van der Waals surface area contributed by atoms with Crippen LogP contribution < -0.4 is 0 Å². The zero-order chi connectivity index (χ0) is 13.1. The molecule has 104 valence electrons. The number of hydrogen-bond acceptors (Lipinski definition) is 3. The van der Waals surface area contributed by atoms with Gasteiger partial charge in [-0.25, -0.2) is 8.42 Å². The van der Waals surface area contributed by atoms with E-state index >= 15 is 0 Å². The standard InChI is InChI=1S/C12H25ClO3S/c1-3-5-8-12(4-2)11-16-9-6-7-10-17(13,14)15/h12H,3-11H2,1-2H3. The lowest BCUT2D eigenvalue weighted by atomic mass is 10.0. The van der Waals surface area contributed by atoms with Gasteiger partial charge in [-0.3, -0.25) is 0 Å². The summed E-state index contributed by atoms with van der Waals surface area (Å²) in [6.07, 6.45) is 6.20. The number of unbranched alkanes of at least 4 members (excludes halogenated alkanes) is 2. The number of hydrogen-bond donors (Lipinski definition) is 0. The van der Waals surface area contributed by atoms with Crippen molar-refractivity contribution < 1.29 is 13.2 Å². The second-order valence-corrected chi connectivity index (χ2v) is 7.34. The first-order valence-electron chi connectivity index (χ1n) is 6.49. The fourth-order valence-corrected chi connectivity index (χ4v) is 2.50. The van der Waals surface area contributed by atoms with Gasteiger partial charge >= 0.3 is 0 Å². The van der Waals surface area contributed by atoms with E-state index in [-0.39, 0.29) is 5.75 Å². The van der Waals surface area contributed by atoms with Crippen molar-refractivity contribution >= 4 is 19.7 Å². The Hall–Kier alpha value is 0.200. The van der Waals surface area contributed by atoms with E-state index in [1.165, 1.54) is 19.3 Å². The van der Waals surface area contributed by atoms with Gasteiger partial charge in [-0.1, -0.05) is 33.1 Å². The molecule has 3 nitrogen and oxygen atoms in total. The highest BCUT2D eigenvalue weighted by Crippen LogP contribution is 2.13. The number of rotatable bonds is 11. The van der Waals surface area contributed by atoms with Crippen molar-refractivity contribution in [1.82, 2.24) is 0 Å². The van der Waals surface area contributed by atoms with Crippen LogP contribution in [-0.2, 0) is 13.8 Å². The van der Waals surface area contributed by atoms with Crippen LogP contribution in [0, 0.1) is 5.92 Å². The van der Waals surface area contributed by atoms with Crippen LogP contribution in [-0.4, -0.2) is 27.4 Å². The molecule has 0 saturated carbocycles. The van der Waals surface area contributed by atoms with Gasteiger partial charge in [-0.2, -0.15) is 0 Å². The lowest BCUT2D eigenvalue weighted by Crippen LogP contribution is -2.10. The van der Waals surface area contributed by atoms with Crippen molar-refractivity contribution in [3.05, 3.63) is 0 Å². The van der Waals surface area contributed by atoms with Gasteiger partial charge in [0.1, 0.15) is 0 Å². The monoisotopic (exact) mass is 284 g/mol. The molecule has 0 aromatic heterocycles. The van der Waals surface area contributed by atoms with E-state index in [0.29, 0.717) is 18.9 Å². The van der Waals surface area contributed by atoms with Crippen LogP contribution in [0.15, 0.2) is 0 Å². The van der Waals surface area contributed by atoms with E-state index in [2.05, 4.69) is 13.8 Å². The maximum atomic E-state index is 10.7. The van der Waals surface area contributed by atoms with Crippen LogP contribution in [0.3, 0.4) is 0 Å². The molecule has 0 fully saturated rings. The van der Waals surface area contributed by atoms with Gasteiger partial charge < -0.3 is 4.74 Å². The summed E-state index contributed by atoms with van der Waals surface area (Å²) >= 11 is 0. The van der Waals surface area contributed by atoms with Gasteiger partial charge in [-0.15, -0.1) is 0 Å². The normalized spacial score (nSPS) is 13.8. The lowest BCUT2D eigenvalue weighted by molar-refractivity contribution is 0.0919. The molecular weight excluding hydrogens is 260 g/mol. The summed E-state index contributed by atoms with van der Waals surface area (Å²) in [7, 11) is 1.78. The van der Waals surface area contributed by atoms with Crippen LogP contribution in [0.5, 0.6) is 0 Å². The zero-order valence-corrected chi connectivity index (χ0v) is 12.5. The highest BCUT2D eigenvalue weighted by atomic mass is 35.7. The molecule has 0 N–H and O–H groups in total. The van der Waals surface area contributed by atoms with Crippen molar-refractivity contribution in [2.75, 3.05) is 19.0 Å². The third kappa shape index (κ3) is 12.4. The van der Waals surface area contributed by atoms with Crippen molar-refractivity contribution in [1.29, 1.82) is 0 Å². The maximum Gasteiger partial charge on any atom is 0.232 e. The lowest BCUT2D eigenvalue weighted by Gasteiger charge is -2.14. The van der Waals surface area contributed by atoms with Gasteiger partial charge in [0.2, 0.25) is 9.05 Å². The van der Waals surface area contributed by atoms with Gasteiger partial charge in [-0.05, 0) is 25.2 Å². The van der Waals surface area contributed by atoms with Crippen LogP contribution in [0.25, 0.3) is 0 Å². The van der Waals surface area contributed by atoms with E-state index in [1.807, 2.05) is 0 Å².